The summed E-state index contributed by atoms with van der Waals surface area (Å²) in [5.41, 5.74) is 2.09. The zero-order valence-corrected chi connectivity index (χ0v) is 19.2. The highest BCUT2D eigenvalue weighted by molar-refractivity contribution is 5.71. The number of aliphatic hydroxyl groups is 2. The van der Waals surface area contributed by atoms with Crippen molar-refractivity contribution in [2.75, 3.05) is 20.3 Å². The summed E-state index contributed by atoms with van der Waals surface area (Å²) in [6.07, 6.45) is 10.2. The molecule has 1 aromatic carbocycles. The van der Waals surface area contributed by atoms with Crippen molar-refractivity contribution >= 4 is 5.97 Å². The zero-order valence-electron chi connectivity index (χ0n) is 19.2. The number of esters is 1. The minimum absolute atomic E-state index is 0.129. The summed E-state index contributed by atoms with van der Waals surface area (Å²) in [5, 5.41) is 19.9. The van der Waals surface area contributed by atoms with Crippen molar-refractivity contribution in [2.24, 2.45) is 17.8 Å². The van der Waals surface area contributed by atoms with Crippen molar-refractivity contribution < 1.29 is 29.2 Å². The molecule has 6 nitrogen and oxygen atoms in total. The van der Waals surface area contributed by atoms with E-state index in [0.29, 0.717) is 24.5 Å². The highest BCUT2D eigenvalue weighted by Gasteiger charge is 2.35. The summed E-state index contributed by atoms with van der Waals surface area (Å²) in [4.78, 5) is 11.6. The lowest BCUT2D eigenvalue weighted by Crippen LogP contribution is -2.33. The van der Waals surface area contributed by atoms with Crippen LogP contribution in [0.15, 0.2) is 18.2 Å². The van der Waals surface area contributed by atoms with Crippen LogP contribution in [-0.4, -0.2) is 48.7 Å². The fourth-order valence-corrected chi connectivity index (χ4v) is 6.15. The topological polar surface area (TPSA) is 85.2 Å². The minimum Gasteiger partial charge on any atom is -0.482 e. The van der Waals surface area contributed by atoms with Gasteiger partial charge in [-0.2, -0.15) is 0 Å². The summed E-state index contributed by atoms with van der Waals surface area (Å²) in [6, 6.07) is 6.13. The first-order valence-corrected chi connectivity index (χ1v) is 12.3. The van der Waals surface area contributed by atoms with E-state index in [-0.39, 0.29) is 19.3 Å². The van der Waals surface area contributed by atoms with Crippen LogP contribution in [0.1, 0.15) is 75.0 Å². The van der Waals surface area contributed by atoms with Gasteiger partial charge in [0.1, 0.15) is 5.75 Å². The smallest absolute Gasteiger partial charge is 0.343 e. The van der Waals surface area contributed by atoms with Crippen molar-refractivity contribution in [1.29, 1.82) is 0 Å². The largest absolute Gasteiger partial charge is 0.482 e. The Kier molecular flexibility index (Phi) is 8.08. The van der Waals surface area contributed by atoms with E-state index in [1.165, 1.54) is 57.6 Å². The van der Waals surface area contributed by atoms with Crippen molar-refractivity contribution in [1.82, 2.24) is 0 Å². The van der Waals surface area contributed by atoms with Crippen molar-refractivity contribution in [3.05, 3.63) is 29.3 Å². The number of carbonyl (C=O) groups is 1. The van der Waals surface area contributed by atoms with E-state index < -0.39 is 18.2 Å². The molecule has 3 aliphatic rings. The molecular formula is C26H38O6. The quantitative estimate of drug-likeness (QED) is 0.617. The summed E-state index contributed by atoms with van der Waals surface area (Å²) < 4.78 is 16.5. The molecule has 4 rings (SSSR count). The lowest BCUT2D eigenvalue weighted by Gasteiger charge is -2.33. The molecule has 1 aliphatic heterocycles. The lowest BCUT2D eigenvalue weighted by atomic mass is 9.91. The molecule has 1 saturated heterocycles. The third-order valence-corrected chi connectivity index (χ3v) is 7.69. The molecule has 0 amide bonds. The molecule has 1 heterocycles. The van der Waals surface area contributed by atoms with Gasteiger partial charge in [0.05, 0.1) is 32.0 Å². The SMILES string of the molecule is COC(=O)COc1ccc(CC2CC3CCCCCC3C2)cc1C1CC(O)CC(CO)O1. The Bertz CT molecular complexity index is 751. The number of carbonyl (C=O) groups excluding carboxylic acids is 1. The van der Waals surface area contributed by atoms with Gasteiger partial charge in [0.2, 0.25) is 0 Å². The van der Waals surface area contributed by atoms with Crippen LogP contribution in [0.4, 0.5) is 0 Å². The first-order chi connectivity index (χ1) is 15.6. The zero-order chi connectivity index (χ0) is 22.5. The van der Waals surface area contributed by atoms with Crippen LogP contribution in [0, 0.1) is 17.8 Å². The van der Waals surface area contributed by atoms with Crippen molar-refractivity contribution in [2.45, 2.75) is 82.5 Å². The number of ether oxygens (including phenoxy) is 3. The molecule has 6 heteroatoms. The van der Waals surface area contributed by atoms with Crippen molar-refractivity contribution in [3.63, 3.8) is 0 Å². The standard InChI is InChI=1S/C26H38O6/c1-30-26(29)16-31-24-8-7-17(9-18-10-19-5-3-2-4-6-20(19)11-18)12-23(24)25-14-21(28)13-22(15-27)32-25/h7-8,12,18-22,25,27-28H,2-6,9-11,13-16H2,1H3. The predicted molar refractivity (Wildman–Crippen MR) is 120 cm³/mol. The molecular weight excluding hydrogens is 408 g/mol. The Balaban J connectivity index is 1.51. The molecule has 2 saturated carbocycles. The van der Waals surface area contributed by atoms with Crippen LogP contribution in [0.3, 0.4) is 0 Å². The Morgan fingerprint density at radius 2 is 1.84 bits per heavy atom. The second kappa shape index (κ2) is 11.0. The normalized spacial score (nSPS) is 32.7. The highest BCUT2D eigenvalue weighted by Crippen LogP contribution is 2.45. The second-order valence-corrected chi connectivity index (χ2v) is 9.99. The molecule has 5 atom stereocenters. The van der Waals surface area contributed by atoms with Gasteiger partial charge in [-0.25, -0.2) is 4.79 Å². The summed E-state index contributed by atoms with van der Waals surface area (Å²) in [5.74, 6) is 2.63. The number of aliphatic hydroxyl groups excluding tert-OH is 2. The van der Waals surface area contributed by atoms with E-state index >= 15 is 0 Å². The van der Waals surface area contributed by atoms with Gasteiger partial charge >= 0.3 is 5.97 Å². The number of hydrogen-bond acceptors (Lipinski definition) is 6. The first-order valence-electron chi connectivity index (χ1n) is 12.3. The van der Waals surface area contributed by atoms with Crippen LogP contribution in [0.2, 0.25) is 0 Å². The predicted octanol–water partition coefficient (Wildman–Crippen LogP) is 3.96. The maximum absolute atomic E-state index is 11.6. The molecule has 0 aromatic heterocycles. The average Bonchev–Trinajstić information content (AvgIpc) is 3.04. The maximum Gasteiger partial charge on any atom is 0.343 e. The third kappa shape index (κ3) is 5.83. The number of fused-ring (bicyclic) bond motifs is 1. The number of rotatable bonds is 7. The van der Waals surface area contributed by atoms with Crippen LogP contribution in [-0.2, 0) is 20.7 Å². The monoisotopic (exact) mass is 446 g/mol. The summed E-state index contributed by atoms with van der Waals surface area (Å²) >= 11 is 0. The van der Waals surface area contributed by atoms with Gasteiger partial charge < -0.3 is 24.4 Å². The Hall–Kier alpha value is -1.63. The second-order valence-electron chi connectivity index (χ2n) is 9.99. The molecule has 0 spiro atoms. The van der Waals surface area contributed by atoms with Gasteiger partial charge in [-0.05, 0) is 54.7 Å². The Morgan fingerprint density at radius 1 is 1.09 bits per heavy atom. The molecule has 1 aromatic rings. The van der Waals surface area contributed by atoms with E-state index in [1.54, 1.807) is 0 Å². The Labute approximate surface area is 191 Å². The molecule has 2 aliphatic carbocycles. The molecule has 3 fully saturated rings. The molecule has 178 valence electrons. The average molecular weight is 447 g/mol. The maximum atomic E-state index is 11.6. The molecule has 32 heavy (non-hydrogen) atoms. The van der Waals surface area contributed by atoms with Gasteiger partial charge in [0, 0.05) is 18.4 Å². The third-order valence-electron chi connectivity index (χ3n) is 7.69. The molecule has 2 N–H and O–H groups in total. The first kappa shape index (κ1) is 23.5. The Morgan fingerprint density at radius 3 is 2.53 bits per heavy atom. The van der Waals surface area contributed by atoms with Crippen LogP contribution in [0.5, 0.6) is 5.75 Å². The van der Waals surface area contributed by atoms with E-state index in [2.05, 4.69) is 12.1 Å². The summed E-state index contributed by atoms with van der Waals surface area (Å²) in [6.45, 7) is -0.302. The fourth-order valence-electron chi connectivity index (χ4n) is 6.15. The highest BCUT2D eigenvalue weighted by atomic mass is 16.6. The molecule has 0 radical (unpaired) electrons. The van der Waals surface area contributed by atoms with E-state index in [4.69, 9.17) is 14.2 Å². The minimum atomic E-state index is -0.537. The number of methoxy groups -OCH3 is 1. The van der Waals surface area contributed by atoms with Crippen LogP contribution < -0.4 is 4.74 Å². The van der Waals surface area contributed by atoms with Gasteiger partial charge in [-0.15, -0.1) is 0 Å². The van der Waals surface area contributed by atoms with E-state index in [0.717, 1.165) is 23.8 Å². The lowest BCUT2D eigenvalue weighted by molar-refractivity contribution is -0.143. The molecule has 5 unspecified atom stereocenters. The molecule has 0 bridgehead atoms. The van der Waals surface area contributed by atoms with E-state index in [1.807, 2.05) is 6.07 Å². The van der Waals surface area contributed by atoms with Crippen LogP contribution >= 0.6 is 0 Å². The van der Waals surface area contributed by atoms with Crippen molar-refractivity contribution in [3.8, 4) is 5.75 Å². The van der Waals surface area contributed by atoms with Gasteiger partial charge in [-0.3, -0.25) is 0 Å². The van der Waals surface area contributed by atoms with Gasteiger partial charge in [0.25, 0.3) is 0 Å². The summed E-state index contributed by atoms with van der Waals surface area (Å²) in [7, 11) is 1.34. The van der Waals surface area contributed by atoms with Gasteiger partial charge in [0.15, 0.2) is 6.61 Å². The number of benzene rings is 1. The number of hydrogen-bond donors (Lipinski definition) is 2. The van der Waals surface area contributed by atoms with E-state index in [9.17, 15) is 15.0 Å². The fraction of sp³-hybridized carbons (Fsp3) is 0.731. The van der Waals surface area contributed by atoms with Crippen LogP contribution in [0.25, 0.3) is 0 Å². The van der Waals surface area contributed by atoms with Gasteiger partial charge in [-0.1, -0.05) is 38.2 Å².